The molecule has 2 rings (SSSR count). The molecule has 0 aliphatic rings. The van der Waals surface area contributed by atoms with E-state index in [1.807, 2.05) is 0 Å². The molecule has 0 aliphatic heterocycles. The van der Waals surface area contributed by atoms with Gasteiger partial charge in [-0.05, 0) is 0 Å². The van der Waals surface area contributed by atoms with E-state index in [0.29, 0.717) is 0 Å². The van der Waals surface area contributed by atoms with Gasteiger partial charge in [-0.25, -0.2) is 15.0 Å². The first-order valence-corrected chi connectivity index (χ1v) is 4.33. The lowest BCUT2D eigenvalue weighted by Gasteiger charge is -1.99. The Labute approximate surface area is 90.4 Å². The van der Waals surface area contributed by atoms with Crippen LogP contribution >= 0.6 is 0 Å². The predicted octanol–water partition coefficient (Wildman–Crippen LogP) is -0.0446. The lowest BCUT2D eigenvalue weighted by Crippen LogP contribution is -2.11. The Balaban J connectivity index is 2.46. The van der Waals surface area contributed by atoms with Gasteiger partial charge in [0, 0.05) is 24.8 Å². The maximum atomic E-state index is 11.8. The third kappa shape index (κ3) is 1.81. The minimum atomic E-state index is -0.500. The van der Waals surface area contributed by atoms with Crippen LogP contribution in [-0.4, -0.2) is 32.0 Å². The molecule has 6 nitrogen and oxygen atoms in total. The summed E-state index contributed by atoms with van der Waals surface area (Å²) in [6.07, 6.45) is 8.32. The van der Waals surface area contributed by atoms with Crippen LogP contribution in [0.4, 0.5) is 0 Å². The van der Waals surface area contributed by atoms with Gasteiger partial charge in [0.05, 0.1) is 6.20 Å². The Kier molecular flexibility index (Phi) is 2.73. The SMILES string of the molecule is O=[C]c1nccnc1C(=O)c1cnccn1. The highest BCUT2D eigenvalue weighted by molar-refractivity contribution is 6.09. The van der Waals surface area contributed by atoms with Crippen molar-refractivity contribution in [2.45, 2.75) is 0 Å². The van der Waals surface area contributed by atoms with Crippen LogP contribution in [0.15, 0.2) is 31.0 Å². The highest BCUT2D eigenvalue weighted by Gasteiger charge is 2.17. The zero-order valence-corrected chi connectivity index (χ0v) is 7.99. The molecule has 0 atom stereocenters. The van der Waals surface area contributed by atoms with Gasteiger partial charge in [0.25, 0.3) is 6.29 Å². The van der Waals surface area contributed by atoms with Crippen molar-refractivity contribution in [2.75, 3.05) is 0 Å². The van der Waals surface area contributed by atoms with Crippen molar-refractivity contribution in [1.29, 1.82) is 0 Å². The average molecular weight is 213 g/mol. The summed E-state index contributed by atoms with van der Waals surface area (Å²) in [6, 6.07) is 0. The Morgan fingerprint density at radius 3 is 2.50 bits per heavy atom. The number of aromatic nitrogens is 4. The first-order valence-electron chi connectivity index (χ1n) is 4.33. The fourth-order valence-corrected chi connectivity index (χ4v) is 1.12. The van der Waals surface area contributed by atoms with E-state index in [1.54, 1.807) is 6.29 Å². The molecule has 0 amide bonds. The summed E-state index contributed by atoms with van der Waals surface area (Å²) >= 11 is 0. The van der Waals surface area contributed by atoms with Crippen molar-refractivity contribution in [2.24, 2.45) is 0 Å². The van der Waals surface area contributed by atoms with E-state index in [1.165, 1.54) is 31.0 Å². The normalized spacial score (nSPS) is 9.75. The van der Waals surface area contributed by atoms with Crippen molar-refractivity contribution < 1.29 is 9.59 Å². The van der Waals surface area contributed by atoms with E-state index in [2.05, 4.69) is 19.9 Å². The summed E-state index contributed by atoms with van der Waals surface area (Å²) in [5.41, 5.74) is -0.0874. The summed E-state index contributed by atoms with van der Waals surface area (Å²) in [5.74, 6) is -0.500. The Bertz CT molecular complexity index is 527. The molecule has 0 saturated carbocycles. The molecule has 0 bridgehead atoms. The number of carbonyl (C=O) groups excluding carboxylic acids is 2. The molecule has 0 spiro atoms. The van der Waals surface area contributed by atoms with E-state index in [0.717, 1.165) is 0 Å². The van der Waals surface area contributed by atoms with Crippen LogP contribution in [0.2, 0.25) is 0 Å². The van der Waals surface area contributed by atoms with Crippen molar-refractivity contribution >= 4 is 12.1 Å². The van der Waals surface area contributed by atoms with Crippen LogP contribution in [0.3, 0.4) is 0 Å². The standard InChI is InChI=1S/C10H5N4O2/c15-6-8-9(14-4-3-13-8)10(16)7-5-11-1-2-12-7/h1-5H. The van der Waals surface area contributed by atoms with Crippen LogP contribution < -0.4 is 0 Å². The molecule has 0 aliphatic carbocycles. The molecule has 0 saturated heterocycles. The zero-order valence-electron chi connectivity index (χ0n) is 7.99. The van der Waals surface area contributed by atoms with Crippen LogP contribution in [0, 0.1) is 0 Å². The molecule has 0 aromatic carbocycles. The van der Waals surface area contributed by atoms with Gasteiger partial charge in [-0.2, -0.15) is 0 Å². The third-order valence-corrected chi connectivity index (χ3v) is 1.81. The van der Waals surface area contributed by atoms with Crippen LogP contribution in [0.1, 0.15) is 21.9 Å². The van der Waals surface area contributed by atoms with Gasteiger partial charge < -0.3 is 0 Å². The fourth-order valence-electron chi connectivity index (χ4n) is 1.12. The van der Waals surface area contributed by atoms with Crippen LogP contribution in [0.25, 0.3) is 0 Å². The molecule has 2 aromatic heterocycles. The maximum Gasteiger partial charge on any atom is 0.255 e. The van der Waals surface area contributed by atoms with Crippen molar-refractivity contribution in [3.05, 3.63) is 48.1 Å². The van der Waals surface area contributed by atoms with Gasteiger partial charge in [0.15, 0.2) is 0 Å². The number of nitrogens with zero attached hydrogens (tertiary/aromatic N) is 4. The number of ketones is 1. The number of hydrogen-bond acceptors (Lipinski definition) is 6. The lowest BCUT2D eigenvalue weighted by atomic mass is 10.2. The van der Waals surface area contributed by atoms with Crippen LogP contribution in [-0.2, 0) is 4.79 Å². The Morgan fingerprint density at radius 1 is 1.06 bits per heavy atom. The van der Waals surface area contributed by atoms with E-state index in [-0.39, 0.29) is 17.1 Å². The molecule has 0 N–H and O–H groups in total. The van der Waals surface area contributed by atoms with Gasteiger partial charge in [-0.15, -0.1) is 0 Å². The topological polar surface area (TPSA) is 85.7 Å². The molecule has 2 heterocycles. The minimum Gasteiger partial charge on any atom is -0.285 e. The smallest absolute Gasteiger partial charge is 0.255 e. The largest absolute Gasteiger partial charge is 0.285 e. The Hall–Kier alpha value is -2.50. The summed E-state index contributed by atoms with van der Waals surface area (Å²) in [6.45, 7) is 0. The average Bonchev–Trinajstić information content (AvgIpc) is 2.39. The van der Waals surface area contributed by atoms with Gasteiger partial charge in [-0.1, -0.05) is 0 Å². The summed E-state index contributed by atoms with van der Waals surface area (Å²) in [4.78, 5) is 37.4. The van der Waals surface area contributed by atoms with E-state index >= 15 is 0 Å². The lowest BCUT2D eigenvalue weighted by molar-refractivity contribution is 0.102. The minimum absolute atomic E-state index is 0.0713. The van der Waals surface area contributed by atoms with E-state index < -0.39 is 5.78 Å². The second-order valence-corrected chi connectivity index (χ2v) is 2.78. The summed E-state index contributed by atoms with van der Waals surface area (Å²) in [7, 11) is 0. The first kappa shape index (κ1) is 10.0. The second kappa shape index (κ2) is 4.35. The molecule has 77 valence electrons. The van der Waals surface area contributed by atoms with Gasteiger partial charge >= 0.3 is 0 Å². The van der Waals surface area contributed by atoms with Gasteiger partial charge in [0.2, 0.25) is 5.78 Å². The highest BCUT2D eigenvalue weighted by atomic mass is 16.1. The number of hydrogen-bond donors (Lipinski definition) is 0. The van der Waals surface area contributed by atoms with Gasteiger partial charge in [0.1, 0.15) is 17.1 Å². The molecular weight excluding hydrogens is 208 g/mol. The molecule has 0 fully saturated rings. The number of carbonyl (C=O) groups is 1. The number of rotatable bonds is 3. The van der Waals surface area contributed by atoms with Crippen molar-refractivity contribution in [3.8, 4) is 0 Å². The van der Waals surface area contributed by atoms with E-state index in [4.69, 9.17) is 0 Å². The molecular formula is C10H5N4O2. The quantitative estimate of drug-likeness (QED) is 0.665. The van der Waals surface area contributed by atoms with Crippen LogP contribution in [0.5, 0.6) is 0 Å². The molecule has 16 heavy (non-hydrogen) atoms. The second-order valence-electron chi connectivity index (χ2n) is 2.78. The van der Waals surface area contributed by atoms with Gasteiger partial charge in [-0.3, -0.25) is 14.6 Å². The molecule has 0 unspecified atom stereocenters. The summed E-state index contributed by atoms with van der Waals surface area (Å²) < 4.78 is 0. The van der Waals surface area contributed by atoms with E-state index in [9.17, 15) is 9.59 Å². The fraction of sp³-hybridized carbons (Fsp3) is 0. The molecule has 6 heteroatoms. The monoisotopic (exact) mass is 213 g/mol. The third-order valence-electron chi connectivity index (χ3n) is 1.81. The first-order chi connectivity index (χ1) is 7.83. The highest BCUT2D eigenvalue weighted by Crippen LogP contribution is 2.05. The molecule has 1 radical (unpaired) electrons. The zero-order chi connectivity index (χ0) is 11.4. The summed E-state index contributed by atoms with van der Waals surface area (Å²) in [5, 5.41) is 0. The predicted molar refractivity (Wildman–Crippen MR) is 52.3 cm³/mol. The maximum absolute atomic E-state index is 11.8. The van der Waals surface area contributed by atoms with Crippen molar-refractivity contribution in [1.82, 2.24) is 19.9 Å². The Morgan fingerprint density at radius 2 is 1.81 bits per heavy atom. The molecule has 2 aromatic rings. The van der Waals surface area contributed by atoms with Crippen molar-refractivity contribution in [3.63, 3.8) is 0 Å².